The van der Waals surface area contributed by atoms with Crippen LogP contribution in [-0.4, -0.2) is 43.4 Å². The Kier molecular flexibility index (Phi) is 4.84. The molecular weight excluding hydrogens is 251 g/mol. The Labute approximate surface area is 110 Å². The van der Waals surface area contributed by atoms with Crippen LogP contribution in [0, 0.1) is 5.82 Å². The number of hydrogen-bond acceptors (Lipinski definition) is 4. The highest BCUT2D eigenvalue weighted by atomic mass is 19.1. The summed E-state index contributed by atoms with van der Waals surface area (Å²) >= 11 is 0. The summed E-state index contributed by atoms with van der Waals surface area (Å²) in [5.74, 6) is -0.738. The van der Waals surface area contributed by atoms with Crippen molar-refractivity contribution in [2.24, 2.45) is 0 Å². The van der Waals surface area contributed by atoms with Gasteiger partial charge in [-0.05, 0) is 6.07 Å². The van der Waals surface area contributed by atoms with E-state index < -0.39 is 18.0 Å². The summed E-state index contributed by atoms with van der Waals surface area (Å²) in [5.41, 5.74) is 0.177. The number of amides is 1. The van der Waals surface area contributed by atoms with Crippen LogP contribution >= 0.6 is 0 Å². The number of hydrogen-bond donors (Lipinski definition) is 3. The normalized spacial score (nSPS) is 20.8. The number of carbonyl (C=O) groups excluding carboxylic acids is 1. The number of aliphatic hydroxyl groups is 1. The Morgan fingerprint density at radius 3 is 3.05 bits per heavy atom. The maximum Gasteiger partial charge on any atom is 0.239 e. The number of ether oxygens (including phenoxy) is 1. The minimum atomic E-state index is -1.06. The molecule has 2 rings (SSSR count). The molecule has 1 fully saturated rings. The van der Waals surface area contributed by atoms with Gasteiger partial charge < -0.3 is 20.5 Å². The van der Waals surface area contributed by atoms with E-state index in [1.807, 2.05) is 0 Å². The molecule has 1 aliphatic heterocycles. The zero-order chi connectivity index (χ0) is 13.7. The molecule has 1 aromatic carbocycles. The van der Waals surface area contributed by atoms with Crippen molar-refractivity contribution in [3.63, 3.8) is 0 Å². The number of nitrogens with one attached hydrogen (secondary N) is 2. The molecule has 0 bridgehead atoms. The SMILES string of the molecule is O=C(NC[C@@H](O)c1ccccc1F)[C@H]1COCCN1. The molecule has 0 aromatic heterocycles. The number of halogens is 1. The second kappa shape index (κ2) is 6.60. The first kappa shape index (κ1) is 13.9. The van der Waals surface area contributed by atoms with Crippen LogP contribution in [0.25, 0.3) is 0 Å². The third-order valence-corrected chi connectivity index (χ3v) is 2.97. The first-order chi connectivity index (χ1) is 9.18. The zero-order valence-electron chi connectivity index (χ0n) is 10.4. The molecular formula is C13H17FN2O3. The van der Waals surface area contributed by atoms with Crippen molar-refractivity contribution in [3.05, 3.63) is 35.6 Å². The zero-order valence-corrected chi connectivity index (χ0v) is 10.4. The van der Waals surface area contributed by atoms with Gasteiger partial charge in [0, 0.05) is 18.7 Å². The number of aliphatic hydroxyl groups excluding tert-OH is 1. The van der Waals surface area contributed by atoms with E-state index >= 15 is 0 Å². The van der Waals surface area contributed by atoms with Crippen molar-refractivity contribution in [2.45, 2.75) is 12.1 Å². The highest BCUT2D eigenvalue weighted by molar-refractivity contribution is 5.82. The molecule has 1 aliphatic rings. The van der Waals surface area contributed by atoms with Crippen LogP contribution in [0.3, 0.4) is 0 Å². The summed E-state index contributed by atoms with van der Waals surface area (Å²) in [6.07, 6.45) is -1.06. The average molecular weight is 268 g/mol. The molecule has 0 aliphatic carbocycles. The summed E-state index contributed by atoms with van der Waals surface area (Å²) in [7, 11) is 0. The molecule has 0 radical (unpaired) electrons. The van der Waals surface area contributed by atoms with Gasteiger partial charge >= 0.3 is 0 Å². The molecule has 2 atom stereocenters. The van der Waals surface area contributed by atoms with Gasteiger partial charge in [-0.1, -0.05) is 18.2 Å². The molecule has 3 N–H and O–H groups in total. The summed E-state index contributed by atoms with van der Waals surface area (Å²) in [5, 5.41) is 15.4. The van der Waals surface area contributed by atoms with Gasteiger partial charge in [-0.15, -0.1) is 0 Å². The third kappa shape index (κ3) is 3.73. The van der Waals surface area contributed by atoms with Gasteiger partial charge in [0.15, 0.2) is 0 Å². The fraction of sp³-hybridized carbons (Fsp3) is 0.462. The number of rotatable bonds is 4. The van der Waals surface area contributed by atoms with Crippen LogP contribution in [0.4, 0.5) is 4.39 Å². The molecule has 104 valence electrons. The minimum absolute atomic E-state index is 0.0298. The molecule has 0 unspecified atom stereocenters. The first-order valence-corrected chi connectivity index (χ1v) is 6.20. The Balaban J connectivity index is 1.84. The largest absolute Gasteiger partial charge is 0.386 e. The first-order valence-electron chi connectivity index (χ1n) is 6.20. The van der Waals surface area contributed by atoms with Crippen LogP contribution in [0.1, 0.15) is 11.7 Å². The highest BCUT2D eigenvalue weighted by Gasteiger charge is 2.22. The van der Waals surface area contributed by atoms with Gasteiger partial charge in [0.1, 0.15) is 11.9 Å². The van der Waals surface area contributed by atoms with Crippen molar-refractivity contribution in [3.8, 4) is 0 Å². The van der Waals surface area contributed by atoms with Gasteiger partial charge in [-0.3, -0.25) is 4.79 Å². The van der Waals surface area contributed by atoms with E-state index in [1.54, 1.807) is 12.1 Å². The van der Waals surface area contributed by atoms with E-state index in [4.69, 9.17) is 4.74 Å². The maximum absolute atomic E-state index is 13.4. The van der Waals surface area contributed by atoms with E-state index in [-0.39, 0.29) is 18.0 Å². The molecule has 19 heavy (non-hydrogen) atoms. The molecule has 5 nitrogen and oxygen atoms in total. The Hall–Kier alpha value is -1.50. The summed E-state index contributed by atoms with van der Waals surface area (Å²) < 4.78 is 18.6. The Bertz CT molecular complexity index is 436. The topological polar surface area (TPSA) is 70.6 Å². The summed E-state index contributed by atoms with van der Waals surface area (Å²) in [4.78, 5) is 11.8. The lowest BCUT2D eigenvalue weighted by Gasteiger charge is -2.23. The number of morpholine rings is 1. The van der Waals surface area contributed by atoms with Gasteiger partial charge in [-0.2, -0.15) is 0 Å². The predicted octanol–water partition coefficient (Wildman–Crippen LogP) is -0.0363. The average Bonchev–Trinajstić information content (AvgIpc) is 2.46. The lowest BCUT2D eigenvalue weighted by molar-refractivity contribution is -0.126. The fourth-order valence-electron chi connectivity index (χ4n) is 1.91. The second-order valence-electron chi connectivity index (χ2n) is 4.36. The van der Waals surface area contributed by atoms with Crippen LogP contribution in [-0.2, 0) is 9.53 Å². The molecule has 6 heteroatoms. The van der Waals surface area contributed by atoms with Crippen LogP contribution < -0.4 is 10.6 Å². The highest BCUT2D eigenvalue weighted by Crippen LogP contribution is 2.15. The van der Waals surface area contributed by atoms with Gasteiger partial charge in [0.05, 0.1) is 19.3 Å². The molecule has 1 amide bonds. The van der Waals surface area contributed by atoms with E-state index in [2.05, 4.69) is 10.6 Å². The standard InChI is InChI=1S/C13H17FN2O3/c14-10-4-2-1-3-9(10)12(17)7-16-13(18)11-8-19-6-5-15-11/h1-4,11-12,15,17H,5-8H2,(H,16,18)/t11-,12-/m1/s1. The van der Waals surface area contributed by atoms with Crippen molar-refractivity contribution in [1.82, 2.24) is 10.6 Å². The Morgan fingerprint density at radius 1 is 1.58 bits per heavy atom. The van der Waals surface area contributed by atoms with Crippen LogP contribution in [0.2, 0.25) is 0 Å². The van der Waals surface area contributed by atoms with Gasteiger partial charge in [0.25, 0.3) is 0 Å². The van der Waals surface area contributed by atoms with E-state index in [0.29, 0.717) is 19.8 Å². The lowest BCUT2D eigenvalue weighted by atomic mass is 10.1. The van der Waals surface area contributed by atoms with E-state index in [1.165, 1.54) is 12.1 Å². The molecule has 1 saturated heterocycles. The van der Waals surface area contributed by atoms with Crippen molar-refractivity contribution < 1.29 is 19.0 Å². The fourth-order valence-corrected chi connectivity index (χ4v) is 1.91. The third-order valence-electron chi connectivity index (χ3n) is 2.97. The Morgan fingerprint density at radius 2 is 2.37 bits per heavy atom. The molecule has 0 saturated carbocycles. The predicted molar refractivity (Wildman–Crippen MR) is 67.0 cm³/mol. The van der Waals surface area contributed by atoms with Crippen molar-refractivity contribution in [2.75, 3.05) is 26.3 Å². The summed E-state index contributed by atoms with van der Waals surface area (Å²) in [6.45, 7) is 1.48. The monoisotopic (exact) mass is 268 g/mol. The van der Waals surface area contributed by atoms with Crippen molar-refractivity contribution >= 4 is 5.91 Å². The van der Waals surface area contributed by atoms with Crippen molar-refractivity contribution in [1.29, 1.82) is 0 Å². The number of benzene rings is 1. The van der Waals surface area contributed by atoms with E-state index in [9.17, 15) is 14.3 Å². The van der Waals surface area contributed by atoms with E-state index in [0.717, 1.165) is 0 Å². The molecule has 1 aromatic rings. The lowest BCUT2D eigenvalue weighted by Crippen LogP contribution is -2.51. The minimum Gasteiger partial charge on any atom is -0.386 e. The molecule has 1 heterocycles. The van der Waals surface area contributed by atoms with Gasteiger partial charge in [-0.25, -0.2) is 4.39 Å². The van der Waals surface area contributed by atoms with Crippen LogP contribution in [0.15, 0.2) is 24.3 Å². The second-order valence-corrected chi connectivity index (χ2v) is 4.36. The van der Waals surface area contributed by atoms with Gasteiger partial charge in [0.2, 0.25) is 5.91 Å². The maximum atomic E-state index is 13.4. The number of carbonyl (C=O) groups is 1. The smallest absolute Gasteiger partial charge is 0.239 e. The quantitative estimate of drug-likeness (QED) is 0.717. The molecule has 0 spiro atoms. The van der Waals surface area contributed by atoms with Crippen LogP contribution in [0.5, 0.6) is 0 Å². The summed E-state index contributed by atoms with van der Waals surface area (Å²) in [6, 6.07) is 5.54.